The number of rotatable bonds is 5. The summed E-state index contributed by atoms with van der Waals surface area (Å²) in [6.45, 7) is 3.16. The van der Waals surface area contributed by atoms with Crippen LogP contribution in [0.25, 0.3) is 0 Å². The Morgan fingerprint density at radius 3 is 2.65 bits per heavy atom. The van der Waals surface area contributed by atoms with Crippen molar-refractivity contribution in [2.24, 2.45) is 7.05 Å². The number of aryl methyl sites for hydroxylation is 2. The third kappa shape index (κ3) is 4.12. The van der Waals surface area contributed by atoms with Gasteiger partial charge in [0, 0.05) is 78.0 Å². The van der Waals surface area contributed by atoms with Crippen molar-refractivity contribution in [3.8, 4) is 0 Å². The molecular formula is C18H27N7O. The minimum atomic E-state index is 0.208. The Morgan fingerprint density at radius 1 is 1.12 bits per heavy atom. The van der Waals surface area contributed by atoms with Crippen LogP contribution in [0.1, 0.15) is 18.5 Å². The van der Waals surface area contributed by atoms with Crippen LogP contribution in [-0.4, -0.2) is 70.8 Å². The normalized spacial score (nSPS) is 15.0. The molecule has 1 amide bonds. The lowest BCUT2D eigenvalue weighted by molar-refractivity contribution is -0.130. The number of nitrogens with zero attached hydrogens (tertiary/aromatic N) is 7. The van der Waals surface area contributed by atoms with Gasteiger partial charge in [0.15, 0.2) is 11.6 Å². The average Bonchev–Trinajstić information content (AvgIpc) is 2.90. The Balaban J connectivity index is 1.60. The summed E-state index contributed by atoms with van der Waals surface area (Å²) in [5.41, 5.74) is 1.09. The molecule has 26 heavy (non-hydrogen) atoms. The van der Waals surface area contributed by atoms with Crippen molar-refractivity contribution in [1.82, 2.24) is 24.6 Å². The molecule has 2 aromatic rings. The minimum Gasteiger partial charge on any atom is -0.360 e. The Morgan fingerprint density at radius 2 is 1.92 bits per heavy atom. The van der Waals surface area contributed by atoms with E-state index < -0.39 is 0 Å². The molecule has 3 rings (SSSR count). The maximum Gasteiger partial charge on any atom is 0.223 e. The Bertz CT molecular complexity index is 743. The molecule has 0 saturated carbocycles. The van der Waals surface area contributed by atoms with Gasteiger partial charge in [-0.1, -0.05) is 0 Å². The number of amides is 1. The smallest absolute Gasteiger partial charge is 0.223 e. The first-order valence-electron chi connectivity index (χ1n) is 9.04. The van der Waals surface area contributed by atoms with E-state index in [4.69, 9.17) is 0 Å². The van der Waals surface area contributed by atoms with E-state index >= 15 is 0 Å². The molecule has 1 fully saturated rings. The Hall–Kier alpha value is -2.64. The van der Waals surface area contributed by atoms with Gasteiger partial charge in [-0.15, -0.1) is 0 Å². The first kappa shape index (κ1) is 18.2. The van der Waals surface area contributed by atoms with Crippen LogP contribution in [0.2, 0.25) is 0 Å². The monoisotopic (exact) mass is 357 g/mol. The number of hydrogen-bond acceptors (Lipinski definition) is 6. The molecule has 0 aliphatic carbocycles. The highest BCUT2D eigenvalue weighted by Crippen LogP contribution is 2.23. The zero-order chi connectivity index (χ0) is 18.5. The highest BCUT2D eigenvalue weighted by atomic mass is 16.2. The van der Waals surface area contributed by atoms with E-state index in [1.807, 2.05) is 41.7 Å². The number of carbonyl (C=O) groups is 1. The van der Waals surface area contributed by atoms with Gasteiger partial charge in [-0.05, 0) is 18.9 Å². The van der Waals surface area contributed by atoms with Crippen LogP contribution in [0.15, 0.2) is 24.7 Å². The molecule has 3 heterocycles. The van der Waals surface area contributed by atoms with E-state index in [2.05, 4.69) is 20.0 Å². The van der Waals surface area contributed by atoms with Gasteiger partial charge in [-0.2, -0.15) is 5.10 Å². The molecule has 2 aromatic heterocycles. The molecule has 0 spiro atoms. The standard InChI is InChI=1S/C18H27N7O/c1-22(2)17-18(20-10-9-19-17)25-12-4-11-24(13-14-25)16(26)6-5-15-7-8-21-23(15)3/h7-10H,4-6,11-14H2,1-3H3. The van der Waals surface area contributed by atoms with E-state index in [1.54, 1.807) is 18.6 Å². The molecule has 1 saturated heterocycles. The second-order valence-corrected chi connectivity index (χ2v) is 6.77. The Kier molecular flexibility index (Phi) is 5.70. The molecule has 8 heteroatoms. The number of anilines is 2. The summed E-state index contributed by atoms with van der Waals surface area (Å²) in [6, 6.07) is 1.97. The van der Waals surface area contributed by atoms with Crippen LogP contribution in [-0.2, 0) is 18.3 Å². The first-order chi connectivity index (χ1) is 12.6. The van der Waals surface area contributed by atoms with Crippen LogP contribution >= 0.6 is 0 Å². The zero-order valence-electron chi connectivity index (χ0n) is 15.8. The molecular weight excluding hydrogens is 330 g/mol. The van der Waals surface area contributed by atoms with Crippen molar-refractivity contribution in [3.05, 3.63) is 30.4 Å². The SMILES string of the molecule is CN(C)c1nccnc1N1CCCN(C(=O)CCc2ccnn2C)CC1. The summed E-state index contributed by atoms with van der Waals surface area (Å²) >= 11 is 0. The van der Waals surface area contributed by atoms with Crippen molar-refractivity contribution in [2.45, 2.75) is 19.3 Å². The molecule has 8 nitrogen and oxygen atoms in total. The average molecular weight is 357 g/mol. The topological polar surface area (TPSA) is 70.4 Å². The molecule has 140 valence electrons. The van der Waals surface area contributed by atoms with E-state index in [0.29, 0.717) is 13.0 Å². The van der Waals surface area contributed by atoms with Crippen molar-refractivity contribution in [3.63, 3.8) is 0 Å². The van der Waals surface area contributed by atoms with Crippen molar-refractivity contribution < 1.29 is 4.79 Å². The lowest BCUT2D eigenvalue weighted by atomic mass is 10.2. The third-order valence-corrected chi connectivity index (χ3v) is 4.75. The summed E-state index contributed by atoms with van der Waals surface area (Å²) < 4.78 is 1.83. The fourth-order valence-corrected chi connectivity index (χ4v) is 3.28. The van der Waals surface area contributed by atoms with Crippen molar-refractivity contribution in [1.29, 1.82) is 0 Å². The molecule has 0 unspecified atom stereocenters. The lowest BCUT2D eigenvalue weighted by Crippen LogP contribution is -2.36. The van der Waals surface area contributed by atoms with Crippen LogP contribution in [0.4, 0.5) is 11.6 Å². The second kappa shape index (κ2) is 8.16. The van der Waals surface area contributed by atoms with E-state index in [-0.39, 0.29) is 5.91 Å². The predicted octanol–water partition coefficient (Wildman–Crippen LogP) is 0.948. The fraction of sp³-hybridized carbons (Fsp3) is 0.556. The number of aromatic nitrogens is 4. The van der Waals surface area contributed by atoms with Gasteiger partial charge in [0.2, 0.25) is 5.91 Å². The van der Waals surface area contributed by atoms with Gasteiger partial charge < -0.3 is 14.7 Å². The summed E-state index contributed by atoms with van der Waals surface area (Å²) in [5.74, 6) is 1.96. The molecule has 1 aliphatic heterocycles. The van der Waals surface area contributed by atoms with Gasteiger partial charge in [0.25, 0.3) is 0 Å². The molecule has 0 radical (unpaired) electrons. The molecule has 0 atom stereocenters. The maximum atomic E-state index is 12.6. The van der Waals surface area contributed by atoms with Crippen LogP contribution in [0, 0.1) is 0 Å². The zero-order valence-corrected chi connectivity index (χ0v) is 15.8. The second-order valence-electron chi connectivity index (χ2n) is 6.77. The van der Waals surface area contributed by atoms with E-state index in [1.165, 1.54) is 0 Å². The van der Waals surface area contributed by atoms with Crippen molar-refractivity contribution in [2.75, 3.05) is 50.1 Å². The van der Waals surface area contributed by atoms with Crippen molar-refractivity contribution >= 4 is 17.5 Å². The maximum absolute atomic E-state index is 12.6. The van der Waals surface area contributed by atoms with Gasteiger partial charge in [0.1, 0.15) is 0 Å². The Labute approximate surface area is 154 Å². The predicted molar refractivity (Wildman–Crippen MR) is 101 cm³/mol. The van der Waals surface area contributed by atoms with Gasteiger partial charge in [-0.3, -0.25) is 9.48 Å². The lowest BCUT2D eigenvalue weighted by Gasteiger charge is -2.26. The van der Waals surface area contributed by atoms with E-state index in [9.17, 15) is 4.79 Å². The molecule has 0 N–H and O–H groups in total. The van der Waals surface area contributed by atoms with Gasteiger partial charge >= 0.3 is 0 Å². The summed E-state index contributed by atoms with van der Waals surface area (Å²) in [4.78, 5) is 27.8. The van der Waals surface area contributed by atoms with Crippen LogP contribution in [0.3, 0.4) is 0 Å². The van der Waals surface area contributed by atoms with Gasteiger partial charge in [-0.25, -0.2) is 9.97 Å². The minimum absolute atomic E-state index is 0.208. The summed E-state index contributed by atoms with van der Waals surface area (Å²) in [5, 5.41) is 4.16. The largest absolute Gasteiger partial charge is 0.360 e. The molecule has 0 aromatic carbocycles. The van der Waals surface area contributed by atoms with Crippen LogP contribution in [0.5, 0.6) is 0 Å². The summed E-state index contributed by atoms with van der Waals surface area (Å²) in [7, 11) is 5.85. The highest BCUT2D eigenvalue weighted by Gasteiger charge is 2.22. The third-order valence-electron chi connectivity index (χ3n) is 4.75. The molecule has 1 aliphatic rings. The fourth-order valence-electron chi connectivity index (χ4n) is 3.28. The van der Waals surface area contributed by atoms with Gasteiger partial charge in [0.05, 0.1) is 0 Å². The first-order valence-corrected chi connectivity index (χ1v) is 9.04. The summed E-state index contributed by atoms with van der Waals surface area (Å²) in [6.07, 6.45) is 7.39. The quantitative estimate of drug-likeness (QED) is 0.793. The molecule has 0 bridgehead atoms. The van der Waals surface area contributed by atoms with Crippen LogP contribution < -0.4 is 9.80 Å². The highest BCUT2D eigenvalue weighted by molar-refractivity contribution is 5.76. The number of carbonyl (C=O) groups excluding carboxylic acids is 1. The number of hydrogen-bond donors (Lipinski definition) is 0. The van der Waals surface area contributed by atoms with E-state index in [0.717, 1.165) is 49.8 Å².